The molecule has 8 heteroatoms. The maximum Gasteiger partial charge on any atom is 0.211 e. The van der Waals surface area contributed by atoms with Crippen LogP contribution >= 0.6 is 0 Å². The maximum absolute atomic E-state index is 5.98. The molecule has 28 heavy (non-hydrogen) atoms. The van der Waals surface area contributed by atoms with Crippen LogP contribution in [0.5, 0.6) is 5.75 Å². The summed E-state index contributed by atoms with van der Waals surface area (Å²) in [5.74, 6) is 5.02. The lowest BCUT2D eigenvalue weighted by molar-refractivity contribution is -0.153. The number of hydrogen-bond acceptors (Lipinski definition) is 8. The summed E-state index contributed by atoms with van der Waals surface area (Å²) < 4.78 is 17.2. The minimum atomic E-state index is -0.781. The molecule has 0 spiro atoms. The van der Waals surface area contributed by atoms with Crippen LogP contribution in [0.3, 0.4) is 0 Å². The molecule has 0 aliphatic carbocycles. The summed E-state index contributed by atoms with van der Waals surface area (Å²) in [5, 5.41) is 12.1. The Labute approximate surface area is 164 Å². The second-order valence-electron chi connectivity index (χ2n) is 6.83. The largest absolute Gasteiger partial charge is 0.493 e. The minimum absolute atomic E-state index is 0.574. The third kappa shape index (κ3) is 4.83. The molecule has 0 amide bonds. The lowest BCUT2D eigenvalue weighted by atomic mass is 10.1. The number of rotatable bonds is 8. The van der Waals surface area contributed by atoms with Crippen LogP contribution in [0.2, 0.25) is 0 Å². The molecule has 0 radical (unpaired) electrons. The summed E-state index contributed by atoms with van der Waals surface area (Å²) in [4.78, 5) is 4.23. The van der Waals surface area contributed by atoms with Gasteiger partial charge in [-0.1, -0.05) is 5.16 Å². The highest BCUT2D eigenvalue weighted by atomic mass is 16.7. The third-order valence-electron chi connectivity index (χ3n) is 4.59. The van der Waals surface area contributed by atoms with Gasteiger partial charge in [0, 0.05) is 0 Å². The van der Waals surface area contributed by atoms with E-state index in [-0.39, 0.29) is 0 Å². The SMILES string of the molecule is Cc1cc(C=NON)cc(C)c1OCCCc1ccc(C2(C)OCCO2)nn1. The van der Waals surface area contributed by atoms with Gasteiger partial charge < -0.3 is 19.1 Å². The zero-order valence-electron chi connectivity index (χ0n) is 16.5. The van der Waals surface area contributed by atoms with Crippen LogP contribution in [-0.4, -0.2) is 36.2 Å². The van der Waals surface area contributed by atoms with Gasteiger partial charge in [0.2, 0.25) is 5.79 Å². The highest BCUT2D eigenvalue weighted by Crippen LogP contribution is 2.29. The van der Waals surface area contributed by atoms with Crippen molar-refractivity contribution >= 4 is 6.21 Å². The Kier molecular flexibility index (Phi) is 6.56. The van der Waals surface area contributed by atoms with Crippen LogP contribution in [0.25, 0.3) is 0 Å². The van der Waals surface area contributed by atoms with Gasteiger partial charge in [-0.3, -0.25) is 0 Å². The van der Waals surface area contributed by atoms with Crippen LogP contribution in [0.4, 0.5) is 0 Å². The van der Waals surface area contributed by atoms with Crippen molar-refractivity contribution in [1.82, 2.24) is 10.2 Å². The van der Waals surface area contributed by atoms with Gasteiger partial charge in [-0.25, -0.2) is 0 Å². The predicted octanol–water partition coefficient (Wildman–Crippen LogP) is 2.55. The van der Waals surface area contributed by atoms with Crippen LogP contribution in [0.15, 0.2) is 29.4 Å². The van der Waals surface area contributed by atoms with E-state index in [9.17, 15) is 0 Å². The zero-order chi connectivity index (χ0) is 20.0. The van der Waals surface area contributed by atoms with Crippen molar-refractivity contribution in [2.24, 2.45) is 11.1 Å². The van der Waals surface area contributed by atoms with Gasteiger partial charge >= 0.3 is 0 Å². The van der Waals surface area contributed by atoms with E-state index in [0.29, 0.717) is 25.5 Å². The van der Waals surface area contributed by atoms with E-state index in [2.05, 4.69) is 20.3 Å². The second kappa shape index (κ2) is 9.09. The number of nitrogens with two attached hydrogens (primary N) is 1. The van der Waals surface area contributed by atoms with E-state index in [1.165, 1.54) is 0 Å². The molecule has 3 rings (SSSR count). The molecule has 1 saturated heterocycles. The Bertz CT molecular complexity index is 794. The standard InChI is InChI=1S/C20H26N4O4/c1-14-11-16(13-22-28-21)12-15(2)19(14)25-8-4-5-17-6-7-18(24-23-17)20(3)26-9-10-27-20/h6-7,11-13H,4-5,8-10,21H2,1-3H3. The predicted molar refractivity (Wildman–Crippen MR) is 104 cm³/mol. The summed E-state index contributed by atoms with van der Waals surface area (Å²) in [6, 6.07) is 7.82. The first-order valence-electron chi connectivity index (χ1n) is 9.26. The van der Waals surface area contributed by atoms with Crippen LogP contribution in [0.1, 0.15) is 41.4 Å². The lowest BCUT2D eigenvalue weighted by Crippen LogP contribution is -2.24. The number of hydrogen-bond donors (Lipinski definition) is 1. The van der Waals surface area contributed by atoms with E-state index in [0.717, 1.165) is 41.0 Å². The molecule has 1 aromatic heterocycles. The maximum atomic E-state index is 5.98. The summed E-state index contributed by atoms with van der Waals surface area (Å²) in [6.07, 6.45) is 3.18. The summed E-state index contributed by atoms with van der Waals surface area (Å²) in [5.41, 5.74) is 4.59. The molecule has 0 unspecified atom stereocenters. The average molecular weight is 386 g/mol. The Morgan fingerprint density at radius 3 is 2.50 bits per heavy atom. The van der Waals surface area contributed by atoms with E-state index in [1.807, 2.05) is 45.0 Å². The summed E-state index contributed by atoms with van der Waals surface area (Å²) in [6.45, 7) is 7.61. The lowest BCUT2D eigenvalue weighted by Gasteiger charge is -2.20. The molecular weight excluding hydrogens is 360 g/mol. The van der Waals surface area contributed by atoms with Gasteiger partial charge in [-0.05, 0) is 74.6 Å². The van der Waals surface area contributed by atoms with Crippen LogP contribution < -0.4 is 10.6 Å². The molecule has 0 saturated carbocycles. The molecule has 8 nitrogen and oxygen atoms in total. The quantitative estimate of drug-likeness (QED) is 0.423. The van der Waals surface area contributed by atoms with Crippen molar-refractivity contribution in [1.29, 1.82) is 0 Å². The van der Waals surface area contributed by atoms with Gasteiger partial charge in [0.15, 0.2) is 0 Å². The number of oxime groups is 1. The first kappa shape index (κ1) is 20.2. The Hall–Kier alpha value is -2.55. The van der Waals surface area contributed by atoms with Crippen molar-refractivity contribution in [3.8, 4) is 5.75 Å². The molecule has 1 fully saturated rings. The smallest absolute Gasteiger partial charge is 0.211 e. The van der Waals surface area contributed by atoms with E-state index < -0.39 is 5.79 Å². The van der Waals surface area contributed by atoms with Crippen molar-refractivity contribution in [3.05, 3.63) is 52.3 Å². The molecule has 2 heterocycles. The number of benzene rings is 1. The Balaban J connectivity index is 1.51. The van der Waals surface area contributed by atoms with Crippen LogP contribution in [0, 0.1) is 13.8 Å². The molecule has 1 aromatic carbocycles. The van der Waals surface area contributed by atoms with Gasteiger partial charge in [-0.2, -0.15) is 5.10 Å². The molecular formula is C20H26N4O4. The summed E-state index contributed by atoms with van der Waals surface area (Å²) >= 11 is 0. The first-order chi connectivity index (χ1) is 13.5. The first-order valence-corrected chi connectivity index (χ1v) is 9.26. The molecule has 1 aliphatic heterocycles. The number of nitrogens with zero attached hydrogens (tertiary/aromatic N) is 3. The third-order valence-corrected chi connectivity index (χ3v) is 4.59. The van der Waals surface area contributed by atoms with Crippen LogP contribution in [-0.2, 0) is 26.6 Å². The van der Waals surface area contributed by atoms with Gasteiger partial charge in [0.05, 0.1) is 31.7 Å². The minimum Gasteiger partial charge on any atom is -0.493 e. The molecule has 0 atom stereocenters. The van der Waals surface area contributed by atoms with Gasteiger partial charge in [-0.15, -0.1) is 11.0 Å². The monoisotopic (exact) mass is 386 g/mol. The second-order valence-corrected chi connectivity index (χ2v) is 6.83. The van der Waals surface area contributed by atoms with Gasteiger partial charge in [0.25, 0.3) is 0 Å². The normalized spacial score (nSPS) is 15.9. The highest BCUT2D eigenvalue weighted by Gasteiger charge is 2.34. The Morgan fingerprint density at radius 1 is 1.18 bits per heavy atom. The molecule has 0 bridgehead atoms. The Morgan fingerprint density at radius 2 is 1.89 bits per heavy atom. The highest BCUT2D eigenvalue weighted by molar-refractivity contribution is 5.80. The topological polar surface area (TPSA) is 101 Å². The number of aromatic nitrogens is 2. The molecule has 2 N–H and O–H groups in total. The average Bonchev–Trinajstić information content (AvgIpc) is 3.13. The number of aryl methyl sites for hydroxylation is 3. The van der Waals surface area contributed by atoms with E-state index in [1.54, 1.807) is 6.21 Å². The fourth-order valence-electron chi connectivity index (χ4n) is 3.20. The zero-order valence-corrected chi connectivity index (χ0v) is 16.5. The van der Waals surface area contributed by atoms with Gasteiger partial charge in [0.1, 0.15) is 11.4 Å². The van der Waals surface area contributed by atoms with Crippen molar-refractivity contribution < 1.29 is 19.1 Å². The molecule has 150 valence electrons. The molecule has 1 aliphatic rings. The number of ether oxygens (including phenoxy) is 3. The van der Waals surface area contributed by atoms with Crippen molar-refractivity contribution in [2.45, 2.75) is 39.4 Å². The summed E-state index contributed by atoms with van der Waals surface area (Å²) in [7, 11) is 0. The fourth-order valence-corrected chi connectivity index (χ4v) is 3.20. The van der Waals surface area contributed by atoms with Crippen molar-refractivity contribution in [2.75, 3.05) is 19.8 Å². The van der Waals surface area contributed by atoms with E-state index >= 15 is 0 Å². The molecule has 2 aromatic rings. The van der Waals surface area contributed by atoms with Crippen molar-refractivity contribution in [3.63, 3.8) is 0 Å². The van der Waals surface area contributed by atoms with E-state index in [4.69, 9.17) is 20.1 Å². The fraction of sp³-hybridized carbons (Fsp3) is 0.450.